The number of nitrogens with one attached hydrogen (secondary N) is 1. The monoisotopic (exact) mass is 375 g/mol. The molecule has 4 rings (SSSR count). The molecule has 140 valence electrons. The Morgan fingerprint density at radius 2 is 1.89 bits per heavy atom. The Hall–Kier alpha value is -3.80. The number of fused-ring (bicyclic) bond motifs is 1. The van der Waals surface area contributed by atoms with Crippen molar-refractivity contribution >= 4 is 28.3 Å². The van der Waals surface area contributed by atoms with Gasteiger partial charge in [-0.05, 0) is 43.3 Å². The van der Waals surface area contributed by atoms with Gasteiger partial charge in [-0.3, -0.25) is 9.59 Å². The van der Waals surface area contributed by atoms with Crippen molar-refractivity contribution in [2.24, 2.45) is 0 Å². The Bertz CT molecular complexity index is 1170. The zero-order valence-electron chi connectivity index (χ0n) is 15.3. The second-order valence-corrected chi connectivity index (χ2v) is 6.26. The van der Waals surface area contributed by atoms with E-state index in [4.69, 9.17) is 13.6 Å². The molecule has 2 heterocycles. The number of ether oxygens (including phenoxy) is 1. The Labute approximate surface area is 160 Å². The summed E-state index contributed by atoms with van der Waals surface area (Å²) >= 11 is 0. The molecule has 0 atom stereocenters. The lowest BCUT2D eigenvalue weighted by Gasteiger charge is -2.02. The summed E-state index contributed by atoms with van der Waals surface area (Å²) in [6.45, 7) is 1.83. The number of carbonyl (C=O) groups excluding carboxylic acids is 2. The lowest BCUT2D eigenvalue weighted by Crippen LogP contribution is -2.10. The number of rotatable bonds is 5. The van der Waals surface area contributed by atoms with Crippen LogP contribution in [0.3, 0.4) is 0 Å². The topological polar surface area (TPSA) is 81.7 Å². The van der Waals surface area contributed by atoms with Crippen molar-refractivity contribution in [3.05, 3.63) is 83.5 Å². The Kier molecular flexibility index (Phi) is 4.45. The summed E-state index contributed by atoms with van der Waals surface area (Å²) in [4.78, 5) is 25.0. The van der Waals surface area contributed by atoms with Gasteiger partial charge in [0.2, 0.25) is 5.78 Å². The number of hydrogen-bond acceptors (Lipinski definition) is 5. The number of furan rings is 2. The van der Waals surface area contributed by atoms with Crippen molar-refractivity contribution in [2.75, 3.05) is 12.4 Å². The maximum atomic E-state index is 12.9. The highest BCUT2D eigenvalue weighted by molar-refractivity contribution is 6.11. The molecule has 1 amide bonds. The molecule has 0 unspecified atom stereocenters. The molecule has 0 saturated carbocycles. The molecule has 0 aliphatic rings. The number of anilines is 1. The van der Waals surface area contributed by atoms with E-state index in [0.717, 1.165) is 10.9 Å². The standard InChI is InChI=1S/C22H17NO5/c1-13-17-9-8-15(23-22(25)18-7-4-10-27-18)12-19(17)28-21(13)20(24)14-5-3-6-16(11-14)26-2/h3-12H,1-2H3,(H,23,25). The molecule has 6 nitrogen and oxygen atoms in total. The molecule has 0 aliphatic carbocycles. The van der Waals surface area contributed by atoms with Gasteiger partial charge in [0.15, 0.2) is 11.5 Å². The quantitative estimate of drug-likeness (QED) is 0.506. The molecule has 0 saturated heterocycles. The van der Waals surface area contributed by atoms with Gasteiger partial charge in [-0.25, -0.2) is 0 Å². The molecule has 0 spiro atoms. The van der Waals surface area contributed by atoms with Crippen LogP contribution in [0.25, 0.3) is 11.0 Å². The normalized spacial score (nSPS) is 10.8. The van der Waals surface area contributed by atoms with Crippen LogP contribution < -0.4 is 10.1 Å². The predicted molar refractivity (Wildman–Crippen MR) is 104 cm³/mol. The number of benzene rings is 2. The third kappa shape index (κ3) is 3.16. The highest BCUT2D eigenvalue weighted by atomic mass is 16.5. The third-order valence-corrected chi connectivity index (χ3v) is 4.48. The van der Waals surface area contributed by atoms with Gasteiger partial charge < -0.3 is 18.9 Å². The van der Waals surface area contributed by atoms with Crippen LogP contribution in [0.4, 0.5) is 5.69 Å². The summed E-state index contributed by atoms with van der Waals surface area (Å²) in [6.07, 6.45) is 1.43. The maximum absolute atomic E-state index is 12.9. The number of ketones is 1. The van der Waals surface area contributed by atoms with Gasteiger partial charge in [0.05, 0.1) is 13.4 Å². The molecule has 2 aromatic heterocycles. The first kappa shape index (κ1) is 17.6. The van der Waals surface area contributed by atoms with Crippen molar-refractivity contribution in [2.45, 2.75) is 6.92 Å². The van der Waals surface area contributed by atoms with Crippen LogP contribution >= 0.6 is 0 Å². The molecule has 2 aromatic carbocycles. The van der Waals surface area contributed by atoms with E-state index in [-0.39, 0.29) is 23.2 Å². The molecule has 28 heavy (non-hydrogen) atoms. The molecule has 0 fully saturated rings. The minimum absolute atomic E-state index is 0.213. The van der Waals surface area contributed by atoms with Crippen LogP contribution in [0.15, 0.2) is 69.7 Å². The number of hydrogen-bond donors (Lipinski definition) is 1. The van der Waals surface area contributed by atoms with E-state index in [1.54, 1.807) is 55.6 Å². The van der Waals surface area contributed by atoms with E-state index in [1.165, 1.54) is 6.26 Å². The van der Waals surface area contributed by atoms with E-state index in [1.807, 2.05) is 13.0 Å². The number of amides is 1. The van der Waals surface area contributed by atoms with Gasteiger partial charge in [-0.2, -0.15) is 0 Å². The van der Waals surface area contributed by atoms with Crippen LogP contribution in [0.5, 0.6) is 5.75 Å². The molecular formula is C22H17NO5. The van der Waals surface area contributed by atoms with Gasteiger partial charge in [0, 0.05) is 28.3 Å². The summed E-state index contributed by atoms with van der Waals surface area (Å²) in [6, 6.07) is 15.4. The minimum Gasteiger partial charge on any atom is -0.497 e. The van der Waals surface area contributed by atoms with Crippen LogP contribution in [0.2, 0.25) is 0 Å². The summed E-state index contributed by atoms with van der Waals surface area (Å²) in [5.74, 6) is 0.485. The average molecular weight is 375 g/mol. The molecular weight excluding hydrogens is 358 g/mol. The van der Waals surface area contributed by atoms with Crippen LogP contribution in [-0.4, -0.2) is 18.8 Å². The Morgan fingerprint density at radius 3 is 2.64 bits per heavy atom. The first-order valence-corrected chi connectivity index (χ1v) is 8.63. The van der Waals surface area contributed by atoms with Gasteiger partial charge in [-0.1, -0.05) is 12.1 Å². The van der Waals surface area contributed by atoms with Crippen molar-refractivity contribution < 1.29 is 23.2 Å². The Morgan fingerprint density at radius 1 is 1.04 bits per heavy atom. The maximum Gasteiger partial charge on any atom is 0.291 e. The number of methoxy groups -OCH3 is 1. The van der Waals surface area contributed by atoms with Crippen LogP contribution in [-0.2, 0) is 0 Å². The molecule has 6 heteroatoms. The summed E-state index contributed by atoms with van der Waals surface area (Å²) in [5, 5.41) is 3.55. The van der Waals surface area contributed by atoms with Crippen molar-refractivity contribution in [1.29, 1.82) is 0 Å². The average Bonchev–Trinajstić information content (AvgIpc) is 3.36. The fourth-order valence-electron chi connectivity index (χ4n) is 3.02. The van der Waals surface area contributed by atoms with Crippen molar-refractivity contribution in [3.8, 4) is 5.75 Å². The Balaban J connectivity index is 1.66. The first-order valence-electron chi connectivity index (χ1n) is 8.63. The van der Waals surface area contributed by atoms with E-state index in [2.05, 4.69) is 5.32 Å². The molecule has 0 bridgehead atoms. The fraction of sp³-hybridized carbons (Fsp3) is 0.0909. The lowest BCUT2D eigenvalue weighted by atomic mass is 10.0. The smallest absolute Gasteiger partial charge is 0.291 e. The SMILES string of the molecule is COc1cccc(C(=O)c2oc3cc(NC(=O)c4ccco4)ccc3c2C)c1. The highest BCUT2D eigenvalue weighted by Crippen LogP contribution is 2.30. The summed E-state index contributed by atoms with van der Waals surface area (Å²) in [7, 11) is 1.55. The molecule has 4 aromatic rings. The zero-order chi connectivity index (χ0) is 19.7. The number of carbonyl (C=O) groups is 2. The molecule has 1 N–H and O–H groups in total. The van der Waals surface area contributed by atoms with E-state index in [0.29, 0.717) is 22.6 Å². The van der Waals surface area contributed by atoms with Gasteiger partial charge in [0.1, 0.15) is 11.3 Å². The first-order chi connectivity index (χ1) is 13.6. The van der Waals surface area contributed by atoms with Gasteiger partial charge in [0.25, 0.3) is 5.91 Å². The summed E-state index contributed by atoms with van der Waals surface area (Å²) in [5.41, 5.74) is 2.28. The largest absolute Gasteiger partial charge is 0.497 e. The van der Waals surface area contributed by atoms with Gasteiger partial charge >= 0.3 is 0 Å². The second-order valence-electron chi connectivity index (χ2n) is 6.26. The van der Waals surface area contributed by atoms with Crippen molar-refractivity contribution in [3.63, 3.8) is 0 Å². The molecule has 0 aliphatic heterocycles. The van der Waals surface area contributed by atoms with E-state index in [9.17, 15) is 9.59 Å². The van der Waals surface area contributed by atoms with Crippen LogP contribution in [0, 0.1) is 6.92 Å². The number of aryl methyl sites for hydroxylation is 1. The van der Waals surface area contributed by atoms with E-state index < -0.39 is 0 Å². The summed E-state index contributed by atoms with van der Waals surface area (Å²) < 4.78 is 16.1. The van der Waals surface area contributed by atoms with Gasteiger partial charge in [-0.15, -0.1) is 0 Å². The fourth-order valence-corrected chi connectivity index (χ4v) is 3.02. The lowest BCUT2D eigenvalue weighted by molar-refractivity contribution is 0.0993. The minimum atomic E-state index is -0.361. The highest BCUT2D eigenvalue weighted by Gasteiger charge is 2.20. The second kappa shape index (κ2) is 7.08. The van der Waals surface area contributed by atoms with Crippen LogP contribution in [0.1, 0.15) is 32.2 Å². The molecule has 0 radical (unpaired) electrons. The van der Waals surface area contributed by atoms with Crippen molar-refractivity contribution in [1.82, 2.24) is 0 Å². The third-order valence-electron chi connectivity index (χ3n) is 4.48. The zero-order valence-corrected chi connectivity index (χ0v) is 15.3. The predicted octanol–water partition coefficient (Wildman–Crippen LogP) is 4.83. The van der Waals surface area contributed by atoms with E-state index >= 15 is 0 Å².